The van der Waals surface area contributed by atoms with Crippen molar-refractivity contribution in [2.45, 2.75) is 19.4 Å². The molecule has 0 amide bonds. The number of halogens is 1. The van der Waals surface area contributed by atoms with Gasteiger partial charge in [-0.05, 0) is 37.0 Å². The highest BCUT2D eigenvalue weighted by atomic mass is 35.5. The number of rotatable bonds is 5. The molecule has 0 aliphatic rings. The highest BCUT2D eigenvalue weighted by Gasteiger charge is 2.06. The standard InChI is InChI=1S/C8H14ClN5S/c1-5(3-4-15-2)11-8-13-6(9)12-7(10)14-8/h5H,3-4H2,1-2H3,(H3,10,11,12,13,14). The molecule has 0 saturated heterocycles. The van der Waals surface area contributed by atoms with E-state index in [1.54, 1.807) is 11.8 Å². The Morgan fingerprint density at radius 3 is 2.80 bits per heavy atom. The van der Waals surface area contributed by atoms with Gasteiger partial charge in [-0.1, -0.05) is 0 Å². The van der Waals surface area contributed by atoms with Gasteiger partial charge in [0.15, 0.2) is 0 Å². The monoisotopic (exact) mass is 247 g/mol. The summed E-state index contributed by atoms with van der Waals surface area (Å²) >= 11 is 7.45. The fraction of sp³-hybridized carbons (Fsp3) is 0.625. The van der Waals surface area contributed by atoms with Crippen molar-refractivity contribution < 1.29 is 0 Å². The van der Waals surface area contributed by atoms with Gasteiger partial charge < -0.3 is 11.1 Å². The first-order valence-corrected chi connectivity index (χ1v) is 6.31. The summed E-state index contributed by atoms with van der Waals surface area (Å²) in [4.78, 5) is 11.5. The van der Waals surface area contributed by atoms with Crippen molar-refractivity contribution in [3.63, 3.8) is 0 Å². The Hall–Kier alpha value is -0.750. The summed E-state index contributed by atoms with van der Waals surface area (Å²) in [5.41, 5.74) is 5.44. The first-order valence-electron chi connectivity index (χ1n) is 4.54. The maximum absolute atomic E-state index is 5.65. The van der Waals surface area contributed by atoms with E-state index in [1.807, 2.05) is 0 Å². The van der Waals surface area contributed by atoms with Crippen LogP contribution in [0.4, 0.5) is 11.9 Å². The number of aromatic nitrogens is 3. The highest BCUT2D eigenvalue weighted by Crippen LogP contribution is 2.10. The minimum Gasteiger partial charge on any atom is -0.368 e. The first kappa shape index (κ1) is 12.3. The number of nitrogens with one attached hydrogen (secondary N) is 1. The summed E-state index contributed by atoms with van der Waals surface area (Å²) in [5, 5.41) is 3.23. The van der Waals surface area contributed by atoms with Crippen LogP contribution in [0.2, 0.25) is 5.28 Å². The van der Waals surface area contributed by atoms with Gasteiger partial charge in [-0.25, -0.2) is 0 Å². The van der Waals surface area contributed by atoms with E-state index in [4.69, 9.17) is 17.3 Å². The van der Waals surface area contributed by atoms with Gasteiger partial charge in [-0.3, -0.25) is 0 Å². The number of anilines is 2. The largest absolute Gasteiger partial charge is 0.368 e. The predicted octanol–water partition coefficient (Wildman–Crippen LogP) is 1.66. The van der Waals surface area contributed by atoms with Crippen molar-refractivity contribution in [1.82, 2.24) is 15.0 Å². The van der Waals surface area contributed by atoms with E-state index < -0.39 is 0 Å². The predicted molar refractivity (Wildman–Crippen MR) is 65.3 cm³/mol. The van der Waals surface area contributed by atoms with Gasteiger partial charge in [-0.2, -0.15) is 26.7 Å². The first-order chi connectivity index (χ1) is 7.11. The van der Waals surface area contributed by atoms with Crippen molar-refractivity contribution >= 4 is 35.3 Å². The minimum atomic E-state index is 0.113. The minimum absolute atomic E-state index is 0.113. The third-order valence-corrected chi connectivity index (χ3v) is 2.57. The molecule has 1 aromatic rings. The molecule has 84 valence electrons. The molecule has 15 heavy (non-hydrogen) atoms. The zero-order chi connectivity index (χ0) is 11.3. The Morgan fingerprint density at radius 2 is 2.20 bits per heavy atom. The van der Waals surface area contributed by atoms with Gasteiger partial charge in [-0.15, -0.1) is 0 Å². The van der Waals surface area contributed by atoms with Crippen LogP contribution in [0.15, 0.2) is 0 Å². The van der Waals surface area contributed by atoms with Crippen LogP contribution < -0.4 is 11.1 Å². The summed E-state index contributed by atoms with van der Waals surface area (Å²) in [7, 11) is 0. The number of hydrogen-bond donors (Lipinski definition) is 2. The molecule has 1 rings (SSSR count). The van der Waals surface area contributed by atoms with Crippen molar-refractivity contribution in [3.8, 4) is 0 Å². The molecular weight excluding hydrogens is 234 g/mol. The second-order valence-electron chi connectivity index (χ2n) is 3.11. The van der Waals surface area contributed by atoms with Crippen molar-refractivity contribution in [1.29, 1.82) is 0 Å². The van der Waals surface area contributed by atoms with Crippen LogP contribution in [0.25, 0.3) is 0 Å². The van der Waals surface area contributed by atoms with Gasteiger partial charge in [0.05, 0.1) is 0 Å². The van der Waals surface area contributed by atoms with Crippen LogP contribution in [0.1, 0.15) is 13.3 Å². The molecule has 0 fully saturated rings. The van der Waals surface area contributed by atoms with Gasteiger partial charge >= 0.3 is 0 Å². The van der Waals surface area contributed by atoms with Crippen LogP contribution >= 0.6 is 23.4 Å². The summed E-state index contributed by atoms with van der Waals surface area (Å²) in [5.74, 6) is 1.65. The molecule has 3 N–H and O–H groups in total. The van der Waals surface area contributed by atoms with Crippen LogP contribution in [-0.4, -0.2) is 33.0 Å². The van der Waals surface area contributed by atoms with Crippen molar-refractivity contribution in [2.24, 2.45) is 0 Å². The molecule has 0 bridgehead atoms. The average molecular weight is 248 g/mol. The van der Waals surface area contributed by atoms with Crippen LogP contribution in [-0.2, 0) is 0 Å². The molecule has 1 aromatic heterocycles. The van der Waals surface area contributed by atoms with Gasteiger partial charge in [0, 0.05) is 6.04 Å². The number of thioether (sulfide) groups is 1. The summed E-state index contributed by atoms with van der Waals surface area (Å²) in [6.45, 7) is 2.06. The lowest BCUT2D eigenvalue weighted by Gasteiger charge is -2.12. The fourth-order valence-corrected chi connectivity index (χ4v) is 1.77. The Morgan fingerprint density at radius 1 is 1.47 bits per heavy atom. The molecule has 0 saturated carbocycles. The second kappa shape index (κ2) is 5.97. The number of hydrogen-bond acceptors (Lipinski definition) is 6. The van der Waals surface area contributed by atoms with E-state index in [9.17, 15) is 0 Å². The summed E-state index contributed by atoms with van der Waals surface area (Å²) in [6, 6.07) is 0.287. The Labute approximate surface area is 98.2 Å². The summed E-state index contributed by atoms with van der Waals surface area (Å²) < 4.78 is 0. The van der Waals surface area contributed by atoms with E-state index >= 15 is 0 Å². The topological polar surface area (TPSA) is 76.7 Å². The van der Waals surface area contributed by atoms with E-state index in [0.717, 1.165) is 12.2 Å². The van der Waals surface area contributed by atoms with Crippen LogP contribution in [0, 0.1) is 0 Å². The normalized spacial score (nSPS) is 12.5. The highest BCUT2D eigenvalue weighted by molar-refractivity contribution is 7.98. The van der Waals surface area contributed by atoms with Crippen LogP contribution in [0.3, 0.4) is 0 Å². The quantitative estimate of drug-likeness (QED) is 0.824. The van der Waals surface area contributed by atoms with Crippen LogP contribution in [0.5, 0.6) is 0 Å². The summed E-state index contributed by atoms with van der Waals surface area (Å²) in [6.07, 6.45) is 3.11. The lowest BCUT2D eigenvalue weighted by molar-refractivity contribution is 0.758. The third kappa shape index (κ3) is 4.53. The van der Waals surface area contributed by atoms with Gasteiger partial charge in [0.1, 0.15) is 0 Å². The maximum atomic E-state index is 5.65. The number of nitrogens with zero attached hydrogens (tertiary/aromatic N) is 3. The molecule has 0 spiro atoms. The molecule has 5 nitrogen and oxygen atoms in total. The zero-order valence-electron chi connectivity index (χ0n) is 8.70. The van der Waals surface area contributed by atoms with Crippen molar-refractivity contribution in [2.75, 3.05) is 23.1 Å². The van der Waals surface area contributed by atoms with E-state index in [2.05, 4.69) is 33.4 Å². The lowest BCUT2D eigenvalue weighted by Crippen LogP contribution is -2.18. The molecule has 1 atom stereocenters. The Kier molecular flexibility index (Phi) is 4.90. The molecular formula is C8H14ClN5S. The zero-order valence-corrected chi connectivity index (χ0v) is 10.3. The molecule has 0 aliphatic heterocycles. The molecule has 0 radical (unpaired) electrons. The molecule has 7 heteroatoms. The maximum Gasteiger partial charge on any atom is 0.229 e. The lowest BCUT2D eigenvalue weighted by atomic mass is 10.3. The average Bonchev–Trinajstić information content (AvgIpc) is 2.13. The fourth-order valence-electron chi connectivity index (χ4n) is 1.02. The SMILES string of the molecule is CSCCC(C)Nc1nc(N)nc(Cl)n1. The molecule has 0 aliphatic carbocycles. The third-order valence-electron chi connectivity index (χ3n) is 1.76. The second-order valence-corrected chi connectivity index (χ2v) is 4.44. The van der Waals surface area contributed by atoms with E-state index in [1.165, 1.54) is 0 Å². The Balaban J connectivity index is 2.56. The van der Waals surface area contributed by atoms with E-state index in [-0.39, 0.29) is 17.3 Å². The molecule has 1 unspecified atom stereocenters. The Bertz CT molecular complexity index is 302. The molecule has 1 heterocycles. The molecule has 0 aromatic carbocycles. The van der Waals surface area contributed by atoms with E-state index in [0.29, 0.717) is 5.95 Å². The smallest absolute Gasteiger partial charge is 0.229 e. The van der Waals surface area contributed by atoms with Gasteiger partial charge in [0.2, 0.25) is 17.2 Å². The van der Waals surface area contributed by atoms with Crippen molar-refractivity contribution in [3.05, 3.63) is 5.28 Å². The van der Waals surface area contributed by atoms with Gasteiger partial charge in [0.25, 0.3) is 0 Å². The number of nitrogen functional groups attached to an aromatic ring is 1. The number of nitrogens with two attached hydrogens (primary N) is 1.